The first-order chi connectivity index (χ1) is 19.1. The number of aromatic nitrogens is 2. The lowest BCUT2D eigenvalue weighted by molar-refractivity contribution is 0.0985. The molecule has 1 atom stereocenters. The van der Waals surface area contributed by atoms with E-state index in [1.54, 1.807) is 4.68 Å². The molecule has 1 aliphatic carbocycles. The predicted octanol–water partition coefficient (Wildman–Crippen LogP) is 7.54. The molecule has 39 heavy (non-hydrogen) atoms. The van der Waals surface area contributed by atoms with Gasteiger partial charge < -0.3 is 5.73 Å². The Morgan fingerprint density at radius 2 is 1.64 bits per heavy atom. The number of nitrogens with two attached hydrogens (primary N) is 1. The normalized spacial score (nSPS) is 14.0. The number of fused-ring (bicyclic) bond motifs is 1. The predicted molar refractivity (Wildman–Crippen MR) is 158 cm³/mol. The smallest absolute Gasteiger partial charge is 0.185 e. The molecule has 1 aliphatic rings. The number of carbonyl (C=O) groups excluding carboxylic acids is 1. The maximum absolute atomic E-state index is 13.6. The summed E-state index contributed by atoms with van der Waals surface area (Å²) in [5, 5.41) is 7.18. The van der Waals surface area contributed by atoms with Gasteiger partial charge in [0.15, 0.2) is 5.78 Å². The molecule has 1 heterocycles. The SMILES string of the molecule is Cc1cc(C(=O)Cc2cccc(C(CCC3CC3)c3ccc4ccccc4c3)c2)n(-c2cccc(CN)c2)n1. The van der Waals surface area contributed by atoms with Crippen LogP contribution in [0.3, 0.4) is 0 Å². The summed E-state index contributed by atoms with van der Waals surface area (Å²) in [6, 6.07) is 33.9. The summed E-state index contributed by atoms with van der Waals surface area (Å²) in [6.45, 7) is 2.37. The van der Waals surface area contributed by atoms with E-state index in [1.165, 1.54) is 41.2 Å². The van der Waals surface area contributed by atoms with Crippen LogP contribution in [0.4, 0.5) is 0 Å². The van der Waals surface area contributed by atoms with Crippen molar-refractivity contribution in [3.8, 4) is 5.69 Å². The van der Waals surface area contributed by atoms with Crippen molar-refractivity contribution in [2.45, 2.75) is 51.5 Å². The minimum absolute atomic E-state index is 0.0612. The number of aryl methyl sites for hydroxylation is 1. The van der Waals surface area contributed by atoms with E-state index in [0.29, 0.717) is 24.6 Å². The fourth-order valence-electron chi connectivity index (χ4n) is 5.67. The van der Waals surface area contributed by atoms with Gasteiger partial charge in [-0.3, -0.25) is 4.79 Å². The highest BCUT2D eigenvalue weighted by molar-refractivity contribution is 5.96. The third-order valence-electron chi connectivity index (χ3n) is 7.96. The molecule has 1 aromatic heterocycles. The van der Waals surface area contributed by atoms with Crippen LogP contribution in [0.15, 0.2) is 97.1 Å². The molecule has 0 saturated heterocycles. The third-order valence-corrected chi connectivity index (χ3v) is 7.96. The first-order valence-electron chi connectivity index (χ1n) is 14.0. The molecule has 0 spiro atoms. The molecular formula is C35H35N3O. The molecule has 4 heteroatoms. The average Bonchev–Trinajstić information content (AvgIpc) is 3.71. The maximum Gasteiger partial charge on any atom is 0.185 e. The van der Waals surface area contributed by atoms with Gasteiger partial charge in [0.25, 0.3) is 0 Å². The van der Waals surface area contributed by atoms with Gasteiger partial charge in [-0.2, -0.15) is 5.10 Å². The van der Waals surface area contributed by atoms with Gasteiger partial charge in [-0.25, -0.2) is 4.68 Å². The van der Waals surface area contributed by atoms with E-state index in [4.69, 9.17) is 5.73 Å². The van der Waals surface area contributed by atoms with E-state index >= 15 is 0 Å². The van der Waals surface area contributed by atoms with Crippen LogP contribution in [0, 0.1) is 12.8 Å². The van der Waals surface area contributed by atoms with Gasteiger partial charge in [-0.15, -0.1) is 0 Å². The van der Waals surface area contributed by atoms with Crippen molar-refractivity contribution in [2.75, 3.05) is 0 Å². The fourth-order valence-corrected chi connectivity index (χ4v) is 5.67. The summed E-state index contributed by atoms with van der Waals surface area (Å²) < 4.78 is 1.76. The van der Waals surface area contributed by atoms with Crippen LogP contribution in [0.1, 0.15) is 70.0 Å². The van der Waals surface area contributed by atoms with Crippen molar-refractivity contribution < 1.29 is 4.79 Å². The van der Waals surface area contributed by atoms with E-state index in [9.17, 15) is 4.79 Å². The van der Waals surface area contributed by atoms with Crippen molar-refractivity contribution in [1.29, 1.82) is 0 Å². The van der Waals surface area contributed by atoms with E-state index in [0.717, 1.165) is 34.8 Å². The van der Waals surface area contributed by atoms with Gasteiger partial charge in [-0.1, -0.05) is 91.7 Å². The zero-order valence-electron chi connectivity index (χ0n) is 22.5. The molecule has 1 saturated carbocycles. The number of carbonyl (C=O) groups is 1. The molecule has 6 rings (SSSR count). The highest BCUT2D eigenvalue weighted by Crippen LogP contribution is 2.39. The highest BCUT2D eigenvalue weighted by Gasteiger charge is 2.24. The summed E-state index contributed by atoms with van der Waals surface area (Å²) in [5.41, 5.74) is 12.8. The van der Waals surface area contributed by atoms with E-state index in [2.05, 4.69) is 71.8 Å². The molecule has 2 N–H and O–H groups in total. The van der Waals surface area contributed by atoms with E-state index < -0.39 is 0 Å². The second-order valence-electron chi connectivity index (χ2n) is 11.0. The standard InChI is InChI=1S/C35H35N3O/c1-24-18-34(38(37-24)32-11-5-7-27(20-32)23-36)35(39)21-26-6-4-10-30(19-26)33(17-14-25-12-13-25)31-16-15-28-8-2-3-9-29(28)22-31/h2-11,15-16,18-20,22,25,33H,12-14,17,21,23,36H2,1H3. The third kappa shape index (κ3) is 5.71. The van der Waals surface area contributed by atoms with Crippen molar-refractivity contribution in [3.05, 3.63) is 131 Å². The topological polar surface area (TPSA) is 60.9 Å². The Bertz CT molecular complexity index is 1630. The van der Waals surface area contributed by atoms with Crippen LogP contribution in [0.5, 0.6) is 0 Å². The van der Waals surface area contributed by atoms with Crippen molar-refractivity contribution in [1.82, 2.24) is 9.78 Å². The first-order valence-corrected chi connectivity index (χ1v) is 14.0. The zero-order chi connectivity index (χ0) is 26.8. The fraction of sp³-hybridized carbons (Fsp3) is 0.257. The van der Waals surface area contributed by atoms with Gasteiger partial charge in [0.05, 0.1) is 11.4 Å². The summed E-state index contributed by atoms with van der Waals surface area (Å²) in [7, 11) is 0. The lowest BCUT2D eigenvalue weighted by Gasteiger charge is -2.20. The summed E-state index contributed by atoms with van der Waals surface area (Å²) in [6.07, 6.45) is 5.44. The number of hydrogen-bond donors (Lipinski definition) is 1. The van der Waals surface area contributed by atoms with Crippen LogP contribution < -0.4 is 5.73 Å². The maximum atomic E-state index is 13.6. The molecular weight excluding hydrogens is 478 g/mol. The Kier molecular flexibility index (Phi) is 7.12. The average molecular weight is 514 g/mol. The van der Waals surface area contributed by atoms with Gasteiger partial charge in [0, 0.05) is 18.9 Å². The molecule has 5 aromatic rings. The van der Waals surface area contributed by atoms with Crippen LogP contribution in [-0.2, 0) is 13.0 Å². The zero-order valence-corrected chi connectivity index (χ0v) is 22.5. The Labute approximate surface area is 230 Å². The molecule has 0 bridgehead atoms. The van der Waals surface area contributed by atoms with E-state index in [-0.39, 0.29) is 5.78 Å². The second kappa shape index (κ2) is 11.0. The number of ketones is 1. The molecule has 1 fully saturated rings. The number of rotatable bonds is 10. The Morgan fingerprint density at radius 1 is 0.872 bits per heavy atom. The van der Waals surface area contributed by atoms with E-state index in [1.807, 2.05) is 37.3 Å². The monoisotopic (exact) mass is 513 g/mol. The van der Waals surface area contributed by atoms with Crippen LogP contribution in [-0.4, -0.2) is 15.6 Å². The number of hydrogen-bond acceptors (Lipinski definition) is 3. The Hall–Kier alpha value is -4.02. The van der Waals surface area contributed by atoms with Crippen LogP contribution in [0.2, 0.25) is 0 Å². The molecule has 0 radical (unpaired) electrons. The molecule has 196 valence electrons. The minimum Gasteiger partial charge on any atom is -0.326 e. The van der Waals surface area contributed by atoms with Crippen molar-refractivity contribution in [3.63, 3.8) is 0 Å². The second-order valence-corrected chi connectivity index (χ2v) is 11.0. The van der Waals surface area contributed by atoms with Crippen molar-refractivity contribution in [2.24, 2.45) is 11.7 Å². The quantitative estimate of drug-likeness (QED) is 0.196. The van der Waals surface area contributed by atoms with Crippen LogP contribution >= 0.6 is 0 Å². The number of benzene rings is 4. The largest absolute Gasteiger partial charge is 0.326 e. The summed E-state index contributed by atoms with van der Waals surface area (Å²) in [4.78, 5) is 13.6. The lowest BCUT2D eigenvalue weighted by Crippen LogP contribution is -2.12. The van der Waals surface area contributed by atoms with Gasteiger partial charge in [0.2, 0.25) is 0 Å². The van der Waals surface area contributed by atoms with Crippen LogP contribution in [0.25, 0.3) is 16.5 Å². The number of nitrogens with zero attached hydrogens (tertiary/aromatic N) is 2. The number of Topliss-reactive ketones (excluding diaryl/α,β-unsaturated/α-hetero) is 1. The minimum atomic E-state index is 0.0612. The van der Waals surface area contributed by atoms with Gasteiger partial charge in [-0.05, 0) is 76.9 Å². The van der Waals surface area contributed by atoms with Gasteiger partial charge >= 0.3 is 0 Å². The molecule has 0 amide bonds. The molecule has 0 aliphatic heterocycles. The highest BCUT2D eigenvalue weighted by atomic mass is 16.1. The molecule has 1 unspecified atom stereocenters. The summed E-state index contributed by atoms with van der Waals surface area (Å²) >= 11 is 0. The Morgan fingerprint density at radius 3 is 2.46 bits per heavy atom. The molecule has 4 nitrogen and oxygen atoms in total. The summed E-state index contributed by atoms with van der Waals surface area (Å²) in [5.74, 6) is 1.25. The Balaban J connectivity index is 1.29. The molecule has 4 aromatic carbocycles. The van der Waals surface area contributed by atoms with Crippen molar-refractivity contribution >= 4 is 16.6 Å². The lowest BCUT2D eigenvalue weighted by atomic mass is 9.85. The first kappa shape index (κ1) is 25.3. The van der Waals surface area contributed by atoms with Gasteiger partial charge in [0.1, 0.15) is 5.69 Å².